The van der Waals surface area contributed by atoms with Crippen LogP contribution in [0.5, 0.6) is 0 Å². The van der Waals surface area contributed by atoms with Gasteiger partial charge < -0.3 is 15.2 Å². The van der Waals surface area contributed by atoms with Crippen molar-refractivity contribution >= 4 is 23.3 Å². The van der Waals surface area contributed by atoms with Gasteiger partial charge in [-0.2, -0.15) is 0 Å². The second-order valence-electron chi connectivity index (χ2n) is 3.71. The Morgan fingerprint density at radius 3 is 2.80 bits per heavy atom. The number of aromatic nitrogens is 1. The van der Waals surface area contributed by atoms with E-state index in [0.717, 1.165) is 11.1 Å². The summed E-state index contributed by atoms with van der Waals surface area (Å²) in [6.45, 7) is 4.00. The predicted octanol–water partition coefficient (Wildman–Crippen LogP) is 1.71. The minimum atomic E-state index is -1.12. The summed E-state index contributed by atoms with van der Waals surface area (Å²) in [5.74, 6) is -1.69. The number of carbonyl (C=O) groups excluding carboxylic acids is 1. The van der Waals surface area contributed by atoms with Crippen molar-refractivity contribution in [3.8, 4) is 0 Å². The summed E-state index contributed by atoms with van der Waals surface area (Å²) < 4.78 is 4.70. The van der Waals surface area contributed by atoms with Gasteiger partial charge in [0.25, 0.3) is 0 Å². The fraction of sp³-hybridized carbons (Fsp3) is 0.308. The topological polar surface area (TPSA) is 88.5 Å². The quantitative estimate of drug-likeness (QED) is 0.452. The summed E-state index contributed by atoms with van der Waals surface area (Å²) in [5, 5.41) is 14.8. The van der Waals surface area contributed by atoms with Gasteiger partial charge in [-0.1, -0.05) is 0 Å². The Hall–Kier alpha value is -2.15. The van der Waals surface area contributed by atoms with Crippen molar-refractivity contribution in [3.05, 3.63) is 40.0 Å². The molecule has 0 aliphatic heterocycles. The lowest BCUT2D eigenvalue weighted by atomic mass is 10.2. The standard InChI is InChI=1S/C13H16N2O4S/c1-3-19-12(16)5-4-10(13(17)18)9(2)15-8-11-14-6-7-20-11/h4-7,15H,3,8H2,1-2H3,(H,17,18). The molecule has 0 bridgehead atoms. The van der Waals surface area contributed by atoms with Gasteiger partial charge in [0.15, 0.2) is 0 Å². The third-order valence-electron chi connectivity index (χ3n) is 2.30. The molecule has 0 amide bonds. The molecule has 1 rings (SSSR count). The predicted molar refractivity (Wildman–Crippen MR) is 75.1 cm³/mol. The van der Waals surface area contributed by atoms with Crippen molar-refractivity contribution in [2.24, 2.45) is 0 Å². The first-order valence-corrected chi connectivity index (χ1v) is 6.83. The number of aliphatic carboxylic acids is 1. The molecule has 0 aliphatic rings. The highest BCUT2D eigenvalue weighted by atomic mass is 32.1. The van der Waals surface area contributed by atoms with E-state index in [0.29, 0.717) is 12.2 Å². The van der Waals surface area contributed by atoms with Gasteiger partial charge in [0.05, 0.1) is 18.7 Å². The number of carboxylic acids is 1. The van der Waals surface area contributed by atoms with Crippen LogP contribution in [0, 0.1) is 0 Å². The molecular formula is C13H16N2O4S. The highest BCUT2D eigenvalue weighted by Gasteiger charge is 2.09. The Kier molecular flexibility index (Phi) is 6.45. The van der Waals surface area contributed by atoms with Gasteiger partial charge in [-0.25, -0.2) is 14.6 Å². The van der Waals surface area contributed by atoms with E-state index in [1.807, 2.05) is 5.38 Å². The van der Waals surface area contributed by atoms with Crippen LogP contribution in [-0.4, -0.2) is 28.6 Å². The van der Waals surface area contributed by atoms with E-state index in [2.05, 4.69) is 10.3 Å². The smallest absolute Gasteiger partial charge is 0.337 e. The van der Waals surface area contributed by atoms with E-state index in [-0.39, 0.29) is 12.2 Å². The number of rotatable bonds is 7. The van der Waals surface area contributed by atoms with Gasteiger partial charge in [0.2, 0.25) is 0 Å². The fourth-order valence-electron chi connectivity index (χ4n) is 1.34. The highest BCUT2D eigenvalue weighted by molar-refractivity contribution is 7.09. The molecule has 0 fully saturated rings. The van der Waals surface area contributed by atoms with Gasteiger partial charge in [0, 0.05) is 23.3 Å². The van der Waals surface area contributed by atoms with Gasteiger partial charge >= 0.3 is 11.9 Å². The van der Waals surface area contributed by atoms with Crippen LogP contribution in [0.25, 0.3) is 0 Å². The maximum absolute atomic E-state index is 11.2. The fourth-order valence-corrected chi connectivity index (χ4v) is 1.90. The molecule has 1 aromatic heterocycles. The first kappa shape index (κ1) is 15.9. The van der Waals surface area contributed by atoms with Crippen molar-refractivity contribution < 1.29 is 19.4 Å². The Morgan fingerprint density at radius 1 is 1.50 bits per heavy atom. The SMILES string of the molecule is CCOC(=O)C=CC(C(=O)O)=C(C)NCc1nccs1. The molecule has 0 spiro atoms. The zero-order valence-corrected chi connectivity index (χ0v) is 12.1. The summed E-state index contributed by atoms with van der Waals surface area (Å²) in [7, 11) is 0. The number of esters is 1. The first-order chi connectivity index (χ1) is 9.54. The molecule has 6 nitrogen and oxygen atoms in total. The Labute approximate surface area is 120 Å². The average Bonchev–Trinajstić information content (AvgIpc) is 2.89. The molecule has 0 unspecified atom stereocenters. The van der Waals surface area contributed by atoms with Crippen LogP contribution >= 0.6 is 11.3 Å². The highest BCUT2D eigenvalue weighted by Crippen LogP contribution is 2.08. The molecule has 0 saturated heterocycles. The zero-order valence-electron chi connectivity index (χ0n) is 11.3. The van der Waals surface area contributed by atoms with Gasteiger partial charge in [-0.3, -0.25) is 0 Å². The number of nitrogens with one attached hydrogen (secondary N) is 1. The van der Waals surface area contributed by atoms with Crippen LogP contribution in [0.4, 0.5) is 0 Å². The molecule has 0 aromatic carbocycles. The largest absolute Gasteiger partial charge is 0.478 e. The Bertz CT molecular complexity index is 520. The molecular weight excluding hydrogens is 280 g/mol. The Balaban J connectivity index is 2.74. The zero-order chi connectivity index (χ0) is 15.0. The minimum absolute atomic E-state index is 0.00890. The molecule has 0 atom stereocenters. The number of carboxylic acid groups (broad SMARTS) is 1. The van der Waals surface area contributed by atoms with Crippen molar-refractivity contribution in [1.29, 1.82) is 0 Å². The van der Waals surface area contributed by atoms with Gasteiger partial charge in [-0.05, 0) is 19.9 Å². The van der Waals surface area contributed by atoms with E-state index >= 15 is 0 Å². The maximum atomic E-state index is 11.2. The van der Waals surface area contributed by atoms with E-state index in [1.54, 1.807) is 20.0 Å². The van der Waals surface area contributed by atoms with E-state index in [4.69, 9.17) is 9.84 Å². The number of ether oxygens (including phenoxy) is 1. The van der Waals surface area contributed by atoms with Crippen LogP contribution in [-0.2, 0) is 20.9 Å². The third kappa shape index (κ3) is 5.23. The summed E-state index contributed by atoms with van der Waals surface area (Å²) in [6, 6.07) is 0. The normalized spacial score (nSPS) is 12.1. The number of carbonyl (C=O) groups is 2. The molecule has 0 saturated carbocycles. The lowest BCUT2D eigenvalue weighted by Crippen LogP contribution is -2.15. The molecule has 7 heteroatoms. The third-order valence-corrected chi connectivity index (χ3v) is 3.07. The average molecular weight is 296 g/mol. The minimum Gasteiger partial charge on any atom is -0.478 e. The summed E-state index contributed by atoms with van der Waals surface area (Å²) in [5.41, 5.74) is 0.461. The lowest BCUT2D eigenvalue weighted by molar-refractivity contribution is -0.137. The molecule has 1 aromatic rings. The Morgan fingerprint density at radius 2 is 2.25 bits per heavy atom. The molecule has 1 heterocycles. The second-order valence-corrected chi connectivity index (χ2v) is 4.69. The van der Waals surface area contributed by atoms with Crippen molar-refractivity contribution in [3.63, 3.8) is 0 Å². The summed E-state index contributed by atoms with van der Waals surface area (Å²) in [4.78, 5) is 26.4. The van der Waals surface area contributed by atoms with Crippen LogP contribution in [0.15, 0.2) is 35.0 Å². The van der Waals surface area contributed by atoms with Gasteiger partial charge in [0.1, 0.15) is 5.01 Å². The van der Waals surface area contributed by atoms with E-state index in [1.165, 1.54) is 17.4 Å². The van der Waals surface area contributed by atoms with Crippen molar-refractivity contribution in [2.75, 3.05) is 6.61 Å². The van der Waals surface area contributed by atoms with E-state index in [9.17, 15) is 9.59 Å². The number of nitrogens with zero attached hydrogens (tertiary/aromatic N) is 1. The van der Waals surface area contributed by atoms with Crippen LogP contribution < -0.4 is 5.32 Å². The van der Waals surface area contributed by atoms with Crippen molar-refractivity contribution in [1.82, 2.24) is 10.3 Å². The van der Waals surface area contributed by atoms with Crippen molar-refractivity contribution in [2.45, 2.75) is 20.4 Å². The van der Waals surface area contributed by atoms with E-state index < -0.39 is 11.9 Å². The number of hydrogen-bond acceptors (Lipinski definition) is 6. The molecule has 2 N–H and O–H groups in total. The van der Waals surface area contributed by atoms with Crippen LogP contribution in [0.2, 0.25) is 0 Å². The number of hydrogen-bond donors (Lipinski definition) is 2. The lowest BCUT2D eigenvalue weighted by Gasteiger charge is -2.07. The monoisotopic (exact) mass is 296 g/mol. The van der Waals surface area contributed by atoms with Gasteiger partial charge in [-0.15, -0.1) is 11.3 Å². The number of thiazole rings is 1. The molecule has 0 radical (unpaired) electrons. The second kappa shape index (κ2) is 8.11. The molecule has 0 aliphatic carbocycles. The summed E-state index contributed by atoms with van der Waals surface area (Å²) >= 11 is 1.47. The molecule has 20 heavy (non-hydrogen) atoms. The maximum Gasteiger partial charge on any atom is 0.337 e. The first-order valence-electron chi connectivity index (χ1n) is 5.95. The number of allylic oxidation sites excluding steroid dienone is 1. The van der Waals surface area contributed by atoms with Crippen LogP contribution in [0.1, 0.15) is 18.9 Å². The summed E-state index contributed by atoms with van der Waals surface area (Å²) in [6.07, 6.45) is 4.01. The molecule has 108 valence electrons. The van der Waals surface area contributed by atoms with Crippen LogP contribution in [0.3, 0.4) is 0 Å².